The van der Waals surface area contributed by atoms with Crippen LogP contribution < -0.4 is 15.8 Å². The molecule has 0 aliphatic heterocycles. The molecule has 0 spiro atoms. The molecular formula is C14H24N4O. The van der Waals surface area contributed by atoms with Gasteiger partial charge in [0, 0.05) is 6.54 Å². The maximum atomic E-state index is 6.00. The van der Waals surface area contributed by atoms with E-state index in [9.17, 15) is 0 Å². The van der Waals surface area contributed by atoms with Crippen molar-refractivity contribution < 1.29 is 4.74 Å². The molecule has 0 amide bonds. The van der Waals surface area contributed by atoms with E-state index in [0.29, 0.717) is 40.7 Å². The molecular weight excluding hydrogens is 240 g/mol. The van der Waals surface area contributed by atoms with Crippen LogP contribution >= 0.6 is 0 Å². The Hall–Kier alpha value is -1.52. The van der Waals surface area contributed by atoms with Gasteiger partial charge in [-0.1, -0.05) is 27.7 Å². The highest BCUT2D eigenvalue weighted by molar-refractivity contribution is 5.66. The van der Waals surface area contributed by atoms with Gasteiger partial charge in [0.05, 0.1) is 6.61 Å². The number of nitrogens with zero attached hydrogens (tertiary/aromatic N) is 2. The van der Waals surface area contributed by atoms with Crippen LogP contribution in [0.5, 0.6) is 5.88 Å². The SMILES string of the molecule is CCOc1ncnc(NCC2C(C)(C)C2(C)C)c1N. The van der Waals surface area contributed by atoms with E-state index in [1.54, 1.807) is 0 Å². The Kier molecular flexibility index (Phi) is 3.32. The molecule has 1 fully saturated rings. The molecule has 5 heteroatoms. The maximum absolute atomic E-state index is 6.00. The fraction of sp³-hybridized carbons (Fsp3) is 0.714. The molecule has 0 radical (unpaired) electrons. The number of hydrogen-bond donors (Lipinski definition) is 2. The lowest BCUT2D eigenvalue weighted by Crippen LogP contribution is -2.12. The second-order valence-corrected chi connectivity index (χ2v) is 6.25. The highest BCUT2D eigenvalue weighted by atomic mass is 16.5. The second kappa shape index (κ2) is 4.54. The first-order valence-electron chi connectivity index (χ1n) is 6.79. The van der Waals surface area contributed by atoms with Gasteiger partial charge in [0.2, 0.25) is 5.88 Å². The number of nitrogens with one attached hydrogen (secondary N) is 1. The van der Waals surface area contributed by atoms with Gasteiger partial charge in [-0.2, -0.15) is 4.98 Å². The molecule has 19 heavy (non-hydrogen) atoms. The fourth-order valence-corrected chi connectivity index (χ4v) is 2.81. The number of ether oxygens (including phenoxy) is 1. The Morgan fingerprint density at radius 2 is 1.89 bits per heavy atom. The van der Waals surface area contributed by atoms with Crippen LogP contribution in [0.4, 0.5) is 11.5 Å². The van der Waals surface area contributed by atoms with Crippen LogP contribution in [0, 0.1) is 16.7 Å². The quantitative estimate of drug-likeness (QED) is 0.855. The fourth-order valence-electron chi connectivity index (χ4n) is 2.81. The summed E-state index contributed by atoms with van der Waals surface area (Å²) in [7, 11) is 0. The topological polar surface area (TPSA) is 73.1 Å². The minimum absolute atomic E-state index is 0.352. The number of nitrogens with two attached hydrogens (primary N) is 1. The minimum Gasteiger partial charge on any atom is -0.476 e. The molecule has 5 nitrogen and oxygen atoms in total. The second-order valence-electron chi connectivity index (χ2n) is 6.25. The molecule has 1 aliphatic carbocycles. The van der Waals surface area contributed by atoms with E-state index >= 15 is 0 Å². The normalized spacial score (nSPS) is 20.1. The summed E-state index contributed by atoms with van der Waals surface area (Å²) in [6.45, 7) is 12.5. The van der Waals surface area contributed by atoms with E-state index in [4.69, 9.17) is 10.5 Å². The number of anilines is 2. The van der Waals surface area contributed by atoms with E-state index in [0.717, 1.165) is 6.54 Å². The van der Waals surface area contributed by atoms with Gasteiger partial charge in [-0.15, -0.1) is 0 Å². The van der Waals surface area contributed by atoms with Crippen molar-refractivity contribution in [1.29, 1.82) is 0 Å². The third kappa shape index (κ3) is 2.22. The van der Waals surface area contributed by atoms with Crippen molar-refractivity contribution >= 4 is 11.5 Å². The summed E-state index contributed by atoms with van der Waals surface area (Å²) in [6.07, 6.45) is 1.48. The molecule has 0 atom stereocenters. The molecule has 0 aromatic carbocycles. The van der Waals surface area contributed by atoms with Crippen molar-refractivity contribution in [3.8, 4) is 5.88 Å². The van der Waals surface area contributed by atoms with Gasteiger partial charge in [-0.05, 0) is 23.7 Å². The molecule has 3 N–H and O–H groups in total. The molecule has 1 aliphatic rings. The van der Waals surface area contributed by atoms with E-state index < -0.39 is 0 Å². The number of hydrogen-bond acceptors (Lipinski definition) is 5. The summed E-state index contributed by atoms with van der Waals surface area (Å²) < 4.78 is 5.37. The number of nitrogen functional groups attached to an aromatic ring is 1. The van der Waals surface area contributed by atoms with Crippen molar-refractivity contribution in [2.24, 2.45) is 16.7 Å². The van der Waals surface area contributed by atoms with Gasteiger partial charge >= 0.3 is 0 Å². The van der Waals surface area contributed by atoms with Crippen molar-refractivity contribution in [3.05, 3.63) is 6.33 Å². The Morgan fingerprint density at radius 1 is 1.26 bits per heavy atom. The predicted molar refractivity (Wildman–Crippen MR) is 77.2 cm³/mol. The zero-order valence-corrected chi connectivity index (χ0v) is 12.4. The van der Waals surface area contributed by atoms with Crippen LogP contribution in [-0.2, 0) is 0 Å². The highest BCUT2D eigenvalue weighted by Gasteiger charge is 2.64. The van der Waals surface area contributed by atoms with Crippen LogP contribution in [-0.4, -0.2) is 23.1 Å². The van der Waals surface area contributed by atoms with E-state index in [1.165, 1.54) is 6.33 Å². The Bertz CT molecular complexity index is 457. The zero-order valence-electron chi connectivity index (χ0n) is 12.4. The molecule has 1 saturated carbocycles. The molecule has 106 valence electrons. The molecule has 1 heterocycles. The van der Waals surface area contributed by atoms with E-state index in [-0.39, 0.29) is 0 Å². The average molecular weight is 264 g/mol. The summed E-state index contributed by atoms with van der Waals surface area (Å²) in [5.74, 6) is 1.73. The van der Waals surface area contributed by atoms with Gasteiger partial charge in [0.15, 0.2) is 5.82 Å². The van der Waals surface area contributed by atoms with E-state index in [2.05, 4.69) is 43.0 Å². The summed E-state index contributed by atoms with van der Waals surface area (Å²) in [6, 6.07) is 0. The predicted octanol–water partition coefficient (Wildman–Crippen LogP) is 2.55. The van der Waals surface area contributed by atoms with Crippen molar-refractivity contribution in [2.45, 2.75) is 34.6 Å². The van der Waals surface area contributed by atoms with Gasteiger partial charge in [-0.25, -0.2) is 4.98 Å². The van der Waals surface area contributed by atoms with Crippen LogP contribution in [0.2, 0.25) is 0 Å². The molecule has 2 rings (SSSR count). The molecule has 0 unspecified atom stereocenters. The van der Waals surface area contributed by atoms with Crippen LogP contribution in [0.15, 0.2) is 6.33 Å². The van der Waals surface area contributed by atoms with Crippen molar-refractivity contribution in [1.82, 2.24) is 9.97 Å². The maximum Gasteiger partial charge on any atom is 0.242 e. The average Bonchev–Trinajstić information content (AvgIpc) is 2.72. The van der Waals surface area contributed by atoms with Crippen LogP contribution in [0.1, 0.15) is 34.6 Å². The Balaban J connectivity index is 2.03. The Morgan fingerprint density at radius 3 is 2.42 bits per heavy atom. The summed E-state index contributed by atoms with van der Waals surface area (Å²) >= 11 is 0. The zero-order chi connectivity index (χ0) is 14.3. The van der Waals surface area contributed by atoms with Gasteiger partial charge in [0.1, 0.15) is 12.0 Å². The van der Waals surface area contributed by atoms with E-state index in [1.807, 2.05) is 6.92 Å². The molecule has 1 aromatic rings. The van der Waals surface area contributed by atoms with Crippen molar-refractivity contribution in [2.75, 3.05) is 24.2 Å². The van der Waals surface area contributed by atoms with Crippen LogP contribution in [0.3, 0.4) is 0 Å². The standard InChI is InChI=1S/C14H24N4O/c1-6-19-12-10(15)11(17-8-18-12)16-7-9-13(2,3)14(9,4)5/h8-9H,6-7,15H2,1-5H3,(H,16,17,18). The minimum atomic E-state index is 0.352. The summed E-state index contributed by atoms with van der Waals surface area (Å²) in [5, 5.41) is 3.33. The lowest BCUT2D eigenvalue weighted by Gasteiger charge is -2.11. The monoisotopic (exact) mass is 264 g/mol. The van der Waals surface area contributed by atoms with Gasteiger partial charge in [0.25, 0.3) is 0 Å². The van der Waals surface area contributed by atoms with Crippen LogP contribution in [0.25, 0.3) is 0 Å². The highest BCUT2D eigenvalue weighted by Crippen LogP contribution is 2.68. The largest absolute Gasteiger partial charge is 0.476 e. The van der Waals surface area contributed by atoms with Gasteiger partial charge in [-0.3, -0.25) is 0 Å². The summed E-state index contributed by atoms with van der Waals surface area (Å²) in [5.41, 5.74) is 7.19. The third-order valence-electron chi connectivity index (χ3n) is 4.92. The number of aromatic nitrogens is 2. The summed E-state index contributed by atoms with van der Waals surface area (Å²) in [4.78, 5) is 8.22. The number of rotatable bonds is 5. The lowest BCUT2D eigenvalue weighted by molar-refractivity contribution is 0.328. The van der Waals surface area contributed by atoms with Crippen molar-refractivity contribution in [3.63, 3.8) is 0 Å². The lowest BCUT2D eigenvalue weighted by atomic mass is 10.0. The first-order chi connectivity index (χ1) is 8.82. The Labute approximate surface area is 115 Å². The molecule has 1 aromatic heterocycles. The molecule has 0 saturated heterocycles. The van der Waals surface area contributed by atoms with Gasteiger partial charge < -0.3 is 15.8 Å². The first kappa shape index (κ1) is 13.9. The first-order valence-corrected chi connectivity index (χ1v) is 6.79. The molecule has 0 bridgehead atoms. The third-order valence-corrected chi connectivity index (χ3v) is 4.92. The smallest absolute Gasteiger partial charge is 0.242 e.